The molecule has 2 aromatic rings. The molecule has 2 rings (SSSR count). The molecule has 0 aliphatic heterocycles. The van der Waals surface area contributed by atoms with Gasteiger partial charge in [-0.2, -0.15) is 5.26 Å². The lowest BCUT2D eigenvalue weighted by Crippen LogP contribution is -2.14. The number of hydrogen-bond acceptors (Lipinski definition) is 5. The third kappa shape index (κ3) is 2.94. The number of nitriles is 1. The van der Waals surface area contributed by atoms with Crippen LogP contribution in [0, 0.1) is 17.1 Å². The maximum absolute atomic E-state index is 14.0. The van der Waals surface area contributed by atoms with E-state index in [-0.39, 0.29) is 17.0 Å². The second-order valence-electron chi connectivity index (χ2n) is 3.88. The van der Waals surface area contributed by atoms with Gasteiger partial charge in [0, 0.05) is 5.56 Å². The summed E-state index contributed by atoms with van der Waals surface area (Å²) in [4.78, 5) is 18.5. The summed E-state index contributed by atoms with van der Waals surface area (Å²) in [6.45, 7) is 0. The number of methoxy groups -OCH3 is 1. The molecule has 108 valence electrons. The van der Waals surface area contributed by atoms with Gasteiger partial charge in [0.25, 0.3) is 5.56 Å². The smallest absolute Gasteiger partial charge is 0.270 e. The van der Waals surface area contributed by atoms with Gasteiger partial charge < -0.3 is 9.72 Å². The first-order chi connectivity index (χ1) is 10.0. The number of aromatic nitrogens is 2. The van der Waals surface area contributed by atoms with Gasteiger partial charge in [-0.1, -0.05) is 11.8 Å². The molecular weight excluding hydrogens is 361 g/mol. The minimum atomic E-state index is -0.612. The van der Waals surface area contributed by atoms with E-state index in [9.17, 15) is 9.18 Å². The van der Waals surface area contributed by atoms with E-state index >= 15 is 0 Å². The summed E-state index contributed by atoms with van der Waals surface area (Å²) in [5.74, 6) is -0.564. The molecule has 0 aliphatic rings. The Labute approximate surface area is 132 Å². The third-order valence-electron chi connectivity index (χ3n) is 2.68. The Morgan fingerprint density at radius 1 is 1.52 bits per heavy atom. The average Bonchev–Trinajstić information content (AvgIpc) is 2.45. The van der Waals surface area contributed by atoms with Crippen LogP contribution in [-0.4, -0.2) is 23.3 Å². The monoisotopic (exact) mass is 369 g/mol. The minimum Gasteiger partial charge on any atom is -0.492 e. The number of benzene rings is 1. The predicted molar refractivity (Wildman–Crippen MR) is 81.0 cm³/mol. The molecule has 0 fully saturated rings. The maximum atomic E-state index is 14.0. The van der Waals surface area contributed by atoms with E-state index in [4.69, 9.17) is 10.00 Å². The topological polar surface area (TPSA) is 78.8 Å². The largest absolute Gasteiger partial charge is 0.492 e. The van der Waals surface area contributed by atoms with Gasteiger partial charge in [0.05, 0.1) is 17.3 Å². The number of aromatic amines is 1. The molecule has 0 saturated heterocycles. The van der Waals surface area contributed by atoms with E-state index in [0.29, 0.717) is 15.2 Å². The lowest BCUT2D eigenvalue weighted by Gasteiger charge is -2.09. The molecule has 1 heterocycles. The van der Waals surface area contributed by atoms with Crippen molar-refractivity contribution in [2.75, 3.05) is 13.4 Å². The lowest BCUT2D eigenvalue weighted by molar-refractivity contribution is 0.384. The van der Waals surface area contributed by atoms with E-state index in [1.165, 1.54) is 24.9 Å². The lowest BCUT2D eigenvalue weighted by atomic mass is 10.1. The summed E-state index contributed by atoms with van der Waals surface area (Å²) >= 11 is 4.41. The number of hydrogen-bond donors (Lipinski definition) is 1. The Morgan fingerprint density at radius 3 is 2.76 bits per heavy atom. The van der Waals surface area contributed by atoms with Gasteiger partial charge in [0.1, 0.15) is 11.6 Å². The number of nitrogens with zero attached hydrogens (tertiary/aromatic N) is 2. The van der Waals surface area contributed by atoms with Crippen LogP contribution in [0.2, 0.25) is 0 Å². The normalized spacial score (nSPS) is 10.2. The van der Waals surface area contributed by atoms with Crippen molar-refractivity contribution in [2.24, 2.45) is 0 Å². The van der Waals surface area contributed by atoms with Crippen molar-refractivity contribution in [2.45, 2.75) is 5.16 Å². The van der Waals surface area contributed by atoms with Crippen LogP contribution >= 0.6 is 27.7 Å². The van der Waals surface area contributed by atoms with Crippen LogP contribution in [-0.2, 0) is 0 Å². The van der Waals surface area contributed by atoms with Crippen molar-refractivity contribution < 1.29 is 9.13 Å². The van der Waals surface area contributed by atoms with Crippen molar-refractivity contribution in [3.05, 3.63) is 38.3 Å². The van der Waals surface area contributed by atoms with Crippen LogP contribution < -0.4 is 10.3 Å². The van der Waals surface area contributed by atoms with Gasteiger partial charge in [-0.25, -0.2) is 9.37 Å². The molecule has 1 aromatic heterocycles. The molecule has 0 spiro atoms. The average molecular weight is 370 g/mol. The SMILES string of the molecule is COc1c(F)cc(-c2nc(SC)[nH]c(=O)c2C#N)cc1Br. The first-order valence-electron chi connectivity index (χ1n) is 5.63. The fourth-order valence-electron chi connectivity index (χ4n) is 1.75. The molecule has 8 heteroatoms. The molecule has 1 N–H and O–H groups in total. The molecule has 0 aliphatic carbocycles. The highest BCUT2D eigenvalue weighted by atomic mass is 79.9. The third-order valence-corrected chi connectivity index (χ3v) is 3.85. The molecule has 0 saturated carbocycles. The second kappa shape index (κ2) is 6.28. The van der Waals surface area contributed by atoms with Crippen LogP contribution in [0.15, 0.2) is 26.6 Å². The zero-order valence-electron chi connectivity index (χ0n) is 11.0. The molecule has 0 radical (unpaired) electrons. The Morgan fingerprint density at radius 2 is 2.24 bits per heavy atom. The highest BCUT2D eigenvalue weighted by Gasteiger charge is 2.17. The number of H-pyrrole nitrogens is 1. The van der Waals surface area contributed by atoms with Crippen LogP contribution in [0.1, 0.15) is 5.56 Å². The maximum Gasteiger partial charge on any atom is 0.270 e. The molecular formula is C13H9BrFN3O2S. The fraction of sp³-hybridized carbons (Fsp3) is 0.154. The van der Waals surface area contributed by atoms with E-state index in [1.54, 1.807) is 18.4 Å². The van der Waals surface area contributed by atoms with Crippen LogP contribution in [0.4, 0.5) is 4.39 Å². The van der Waals surface area contributed by atoms with Gasteiger partial charge in [0.15, 0.2) is 16.7 Å². The number of rotatable bonds is 3. The van der Waals surface area contributed by atoms with Crippen molar-refractivity contribution >= 4 is 27.7 Å². The number of thioether (sulfide) groups is 1. The van der Waals surface area contributed by atoms with Gasteiger partial charge in [-0.3, -0.25) is 4.79 Å². The van der Waals surface area contributed by atoms with Crippen molar-refractivity contribution in [3.63, 3.8) is 0 Å². The molecule has 0 bridgehead atoms. The minimum absolute atomic E-state index is 0.0483. The van der Waals surface area contributed by atoms with Gasteiger partial charge in [-0.15, -0.1) is 0 Å². The van der Waals surface area contributed by atoms with Crippen LogP contribution in [0.3, 0.4) is 0 Å². The summed E-state index contributed by atoms with van der Waals surface area (Å²) in [5.41, 5.74) is -0.269. The quantitative estimate of drug-likeness (QED) is 0.664. The zero-order chi connectivity index (χ0) is 15.6. The summed E-state index contributed by atoms with van der Waals surface area (Å²) in [5, 5.41) is 9.47. The van der Waals surface area contributed by atoms with E-state index in [2.05, 4.69) is 25.9 Å². The standard InChI is InChI=1S/C13H9BrFN3O2S/c1-20-11-8(14)3-6(4-9(11)15)10-7(5-16)12(19)18-13(17-10)21-2/h3-4H,1-2H3,(H,17,18,19). The highest BCUT2D eigenvalue weighted by Crippen LogP contribution is 2.33. The molecule has 0 amide bonds. The fourth-order valence-corrected chi connectivity index (χ4v) is 2.73. The second-order valence-corrected chi connectivity index (χ2v) is 5.53. The Kier molecular flexibility index (Phi) is 4.65. The molecule has 0 atom stereocenters. The van der Waals surface area contributed by atoms with Crippen LogP contribution in [0.25, 0.3) is 11.3 Å². The first kappa shape index (κ1) is 15.5. The Hall–Kier alpha value is -1.85. The van der Waals surface area contributed by atoms with Gasteiger partial charge in [0.2, 0.25) is 0 Å². The van der Waals surface area contributed by atoms with Crippen molar-refractivity contribution in [3.8, 4) is 23.1 Å². The molecule has 5 nitrogen and oxygen atoms in total. The Bertz CT molecular complexity index is 778. The summed E-state index contributed by atoms with van der Waals surface area (Å²) < 4.78 is 19.2. The molecule has 1 aromatic carbocycles. The highest BCUT2D eigenvalue weighted by molar-refractivity contribution is 9.10. The zero-order valence-corrected chi connectivity index (χ0v) is 13.4. The molecule has 0 unspecified atom stereocenters. The summed E-state index contributed by atoms with van der Waals surface area (Å²) in [7, 11) is 1.35. The summed E-state index contributed by atoms with van der Waals surface area (Å²) in [6, 6.07) is 4.52. The number of nitrogens with one attached hydrogen (secondary N) is 1. The van der Waals surface area contributed by atoms with Gasteiger partial charge >= 0.3 is 0 Å². The van der Waals surface area contributed by atoms with E-state index < -0.39 is 11.4 Å². The van der Waals surface area contributed by atoms with E-state index in [0.717, 1.165) is 0 Å². The number of halogens is 2. The molecule has 21 heavy (non-hydrogen) atoms. The number of ether oxygens (including phenoxy) is 1. The predicted octanol–water partition coefficient (Wildman–Crippen LogP) is 2.94. The van der Waals surface area contributed by atoms with Crippen molar-refractivity contribution in [1.82, 2.24) is 9.97 Å². The Balaban J connectivity index is 2.75. The van der Waals surface area contributed by atoms with E-state index in [1.807, 2.05) is 0 Å². The first-order valence-corrected chi connectivity index (χ1v) is 7.65. The van der Waals surface area contributed by atoms with Crippen LogP contribution in [0.5, 0.6) is 5.75 Å². The van der Waals surface area contributed by atoms with Crippen molar-refractivity contribution in [1.29, 1.82) is 5.26 Å². The van der Waals surface area contributed by atoms with Gasteiger partial charge in [-0.05, 0) is 34.3 Å². The summed E-state index contributed by atoms with van der Waals surface area (Å²) in [6.07, 6.45) is 1.73.